The van der Waals surface area contributed by atoms with Crippen molar-refractivity contribution in [3.8, 4) is 0 Å². The van der Waals surface area contributed by atoms with E-state index >= 15 is 0 Å². The molecule has 1 aromatic rings. The predicted octanol–water partition coefficient (Wildman–Crippen LogP) is 1.04. The number of carbonyl (C=O) groups excluding carboxylic acids is 2. The van der Waals surface area contributed by atoms with Crippen molar-refractivity contribution in [2.24, 2.45) is 5.92 Å². The van der Waals surface area contributed by atoms with Crippen molar-refractivity contribution in [2.75, 3.05) is 13.7 Å². The van der Waals surface area contributed by atoms with Gasteiger partial charge in [-0.3, -0.25) is 14.3 Å². The van der Waals surface area contributed by atoms with Gasteiger partial charge in [0, 0.05) is 37.3 Å². The number of likely N-dealkylation sites (tertiary alicyclic amines) is 1. The third-order valence-corrected chi connectivity index (χ3v) is 3.93. The fourth-order valence-electron chi connectivity index (χ4n) is 2.71. The number of methoxy groups -OCH3 is 1. The van der Waals surface area contributed by atoms with Crippen LogP contribution < -0.4 is 0 Å². The molecule has 2 rings (SSSR count). The van der Waals surface area contributed by atoms with E-state index in [9.17, 15) is 9.59 Å². The molecule has 2 heterocycles. The molecule has 20 heavy (non-hydrogen) atoms. The molecular weight excluding hydrogens is 258 g/mol. The summed E-state index contributed by atoms with van der Waals surface area (Å²) in [6.45, 7) is 7.76. The van der Waals surface area contributed by atoms with E-state index in [0.29, 0.717) is 13.1 Å². The zero-order chi connectivity index (χ0) is 14.9. The van der Waals surface area contributed by atoms with Crippen LogP contribution in [0.4, 0.5) is 0 Å². The van der Waals surface area contributed by atoms with Gasteiger partial charge in [-0.1, -0.05) is 0 Å². The molecule has 0 radical (unpaired) electrons. The number of esters is 1. The van der Waals surface area contributed by atoms with Gasteiger partial charge in [-0.25, -0.2) is 0 Å². The standard InChI is InChI=1S/C14H21N3O3/c1-5-17-10(3)12(9(2)15-17)8-16-7-11(6-13(16)18)14(19)20-4/h11H,5-8H2,1-4H3. The Bertz CT molecular complexity index is 536. The van der Waals surface area contributed by atoms with Crippen molar-refractivity contribution in [2.45, 2.75) is 40.3 Å². The number of hydrogen-bond acceptors (Lipinski definition) is 4. The largest absolute Gasteiger partial charge is 0.469 e. The Morgan fingerprint density at radius 3 is 2.70 bits per heavy atom. The minimum Gasteiger partial charge on any atom is -0.469 e. The van der Waals surface area contributed by atoms with E-state index in [1.807, 2.05) is 25.5 Å². The molecule has 1 fully saturated rings. The second kappa shape index (κ2) is 5.64. The maximum atomic E-state index is 12.0. The predicted molar refractivity (Wildman–Crippen MR) is 72.9 cm³/mol. The van der Waals surface area contributed by atoms with Gasteiger partial charge in [-0.15, -0.1) is 0 Å². The molecule has 0 saturated carbocycles. The van der Waals surface area contributed by atoms with Gasteiger partial charge < -0.3 is 9.64 Å². The smallest absolute Gasteiger partial charge is 0.310 e. The van der Waals surface area contributed by atoms with E-state index in [1.54, 1.807) is 4.90 Å². The summed E-state index contributed by atoms with van der Waals surface area (Å²) < 4.78 is 6.65. The first-order valence-electron chi connectivity index (χ1n) is 6.86. The molecular formula is C14H21N3O3. The highest BCUT2D eigenvalue weighted by atomic mass is 16.5. The molecule has 1 atom stereocenters. The lowest BCUT2D eigenvalue weighted by Gasteiger charge is -2.16. The first-order chi connectivity index (χ1) is 9.47. The van der Waals surface area contributed by atoms with Crippen LogP contribution in [0.15, 0.2) is 0 Å². The molecule has 1 aliphatic rings. The SMILES string of the molecule is CCn1nc(C)c(CN2CC(C(=O)OC)CC2=O)c1C. The summed E-state index contributed by atoms with van der Waals surface area (Å²) in [5.41, 5.74) is 3.10. The van der Waals surface area contributed by atoms with E-state index in [-0.39, 0.29) is 24.2 Å². The molecule has 0 aromatic carbocycles. The number of rotatable bonds is 4. The van der Waals surface area contributed by atoms with Crippen molar-refractivity contribution in [1.29, 1.82) is 0 Å². The van der Waals surface area contributed by atoms with Crippen LogP contribution in [0.2, 0.25) is 0 Å². The van der Waals surface area contributed by atoms with Crippen molar-refractivity contribution < 1.29 is 14.3 Å². The van der Waals surface area contributed by atoms with Gasteiger partial charge in [-0.05, 0) is 20.8 Å². The van der Waals surface area contributed by atoms with E-state index in [0.717, 1.165) is 23.5 Å². The third-order valence-electron chi connectivity index (χ3n) is 3.93. The lowest BCUT2D eigenvalue weighted by Crippen LogP contribution is -2.26. The lowest BCUT2D eigenvalue weighted by molar-refractivity contribution is -0.145. The quantitative estimate of drug-likeness (QED) is 0.773. The minimum atomic E-state index is -0.339. The second-order valence-corrected chi connectivity index (χ2v) is 5.16. The van der Waals surface area contributed by atoms with E-state index in [4.69, 9.17) is 4.74 Å². The number of nitrogens with zero attached hydrogens (tertiary/aromatic N) is 3. The summed E-state index contributed by atoms with van der Waals surface area (Å²) in [6, 6.07) is 0. The second-order valence-electron chi connectivity index (χ2n) is 5.16. The van der Waals surface area contributed by atoms with Gasteiger partial charge >= 0.3 is 5.97 Å². The van der Waals surface area contributed by atoms with Gasteiger partial charge in [0.05, 0.1) is 18.7 Å². The lowest BCUT2D eigenvalue weighted by atomic mass is 10.1. The summed E-state index contributed by atoms with van der Waals surface area (Å²) in [6.07, 6.45) is 0.243. The molecule has 0 N–H and O–H groups in total. The summed E-state index contributed by atoms with van der Waals surface area (Å²) in [5, 5.41) is 4.45. The Kier molecular flexibility index (Phi) is 4.11. The first-order valence-corrected chi connectivity index (χ1v) is 6.86. The number of carbonyl (C=O) groups is 2. The molecule has 1 amide bonds. The Balaban J connectivity index is 2.13. The normalized spacial score (nSPS) is 18.7. The fraction of sp³-hybridized carbons (Fsp3) is 0.643. The average Bonchev–Trinajstić information content (AvgIpc) is 2.93. The Morgan fingerprint density at radius 1 is 1.45 bits per heavy atom. The first kappa shape index (κ1) is 14.6. The van der Waals surface area contributed by atoms with Gasteiger partial charge in [0.15, 0.2) is 0 Å². The maximum Gasteiger partial charge on any atom is 0.310 e. The third kappa shape index (κ3) is 2.55. The highest BCUT2D eigenvalue weighted by Crippen LogP contribution is 2.23. The topological polar surface area (TPSA) is 64.4 Å². The fourth-order valence-corrected chi connectivity index (χ4v) is 2.71. The van der Waals surface area contributed by atoms with Gasteiger partial charge in [0.25, 0.3) is 0 Å². The molecule has 1 aliphatic heterocycles. The molecule has 1 saturated heterocycles. The van der Waals surface area contributed by atoms with Crippen molar-refractivity contribution in [1.82, 2.24) is 14.7 Å². The number of aryl methyl sites for hydroxylation is 2. The Hall–Kier alpha value is -1.85. The van der Waals surface area contributed by atoms with Crippen molar-refractivity contribution >= 4 is 11.9 Å². The van der Waals surface area contributed by atoms with Crippen LogP contribution >= 0.6 is 0 Å². The molecule has 0 bridgehead atoms. The van der Waals surface area contributed by atoms with Gasteiger partial charge in [0.2, 0.25) is 5.91 Å². The summed E-state index contributed by atoms with van der Waals surface area (Å²) in [4.78, 5) is 25.2. The van der Waals surface area contributed by atoms with E-state index in [1.165, 1.54) is 7.11 Å². The molecule has 0 spiro atoms. The van der Waals surface area contributed by atoms with Crippen molar-refractivity contribution in [3.05, 3.63) is 17.0 Å². The molecule has 6 heteroatoms. The molecule has 1 aromatic heterocycles. The zero-order valence-electron chi connectivity index (χ0n) is 12.5. The molecule has 6 nitrogen and oxygen atoms in total. The van der Waals surface area contributed by atoms with Crippen LogP contribution in [0.1, 0.15) is 30.3 Å². The average molecular weight is 279 g/mol. The Morgan fingerprint density at radius 2 is 2.15 bits per heavy atom. The highest BCUT2D eigenvalue weighted by molar-refractivity contribution is 5.86. The zero-order valence-corrected chi connectivity index (χ0v) is 12.5. The monoisotopic (exact) mass is 279 g/mol. The van der Waals surface area contributed by atoms with Crippen LogP contribution in [0.3, 0.4) is 0 Å². The minimum absolute atomic E-state index is 0.00319. The number of amides is 1. The maximum absolute atomic E-state index is 12.0. The number of ether oxygens (including phenoxy) is 1. The van der Waals surface area contributed by atoms with Gasteiger partial charge in [0.1, 0.15) is 0 Å². The molecule has 110 valence electrons. The highest BCUT2D eigenvalue weighted by Gasteiger charge is 2.35. The summed E-state index contributed by atoms with van der Waals surface area (Å²) in [5.74, 6) is -0.642. The van der Waals surface area contributed by atoms with Crippen LogP contribution in [0.5, 0.6) is 0 Å². The number of hydrogen-bond donors (Lipinski definition) is 0. The van der Waals surface area contributed by atoms with E-state index < -0.39 is 0 Å². The van der Waals surface area contributed by atoms with Crippen LogP contribution in [-0.2, 0) is 27.4 Å². The number of aromatic nitrogens is 2. The van der Waals surface area contributed by atoms with Gasteiger partial charge in [-0.2, -0.15) is 5.10 Å². The Labute approximate surface area is 118 Å². The summed E-state index contributed by atoms with van der Waals surface area (Å²) >= 11 is 0. The van der Waals surface area contributed by atoms with Crippen molar-refractivity contribution in [3.63, 3.8) is 0 Å². The van der Waals surface area contributed by atoms with Crippen LogP contribution in [0.25, 0.3) is 0 Å². The van der Waals surface area contributed by atoms with Crippen LogP contribution in [0, 0.1) is 19.8 Å². The molecule has 1 unspecified atom stereocenters. The van der Waals surface area contributed by atoms with Crippen LogP contribution in [-0.4, -0.2) is 40.2 Å². The van der Waals surface area contributed by atoms with E-state index in [2.05, 4.69) is 5.10 Å². The summed E-state index contributed by atoms with van der Waals surface area (Å²) in [7, 11) is 1.36. The molecule has 0 aliphatic carbocycles.